The van der Waals surface area contributed by atoms with Crippen molar-refractivity contribution in [2.75, 3.05) is 0 Å². The molecule has 110 valence electrons. The van der Waals surface area contributed by atoms with E-state index in [1.54, 1.807) is 6.20 Å². The summed E-state index contributed by atoms with van der Waals surface area (Å²) in [5, 5.41) is 2.84. The Hall–Kier alpha value is -2.61. The number of amides is 1. The average Bonchev–Trinajstić information content (AvgIpc) is 2.93. The number of hydrogen-bond acceptors (Lipinski definition) is 1. The van der Waals surface area contributed by atoms with E-state index in [1.165, 1.54) is 16.7 Å². The molecule has 1 N–H and O–H groups in total. The first-order valence-corrected chi connectivity index (χ1v) is 7.52. The first-order chi connectivity index (χ1) is 10.7. The van der Waals surface area contributed by atoms with Gasteiger partial charge >= 0.3 is 0 Å². The molecule has 0 aliphatic heterocycles. The second-order valence-corrected chi connectivity index (χ2v) is 5.58. The van der Waals surface area contributed by atoms with Crippen LogP contribution in [0.2, 0.25) is 0 Å². The van der Waals surface area contributed by atoms with E-state index in [4.69, 9.17) is 0 Å². The highest BCUT2D eigenvalue weighted by atomic mass is 16.1. The Morgan fingerprint density at radius 1 is 1.14 bits per heavy atom. The van der Waals surface area contributed by atoms with Crippen LogP contribution in [0.5, 0.6) is 0 Å². The Kier molecular flexibility index (Phi) is 4.19. The molecule has 0 fully saturated rings. The summed E-state index contributed by atoms with van der Waals surface area (Å²) in [7, 11) is 0. The van der Waals surface area contributed by atoms with Crippen LogP contribution >= 0.6 is 0 Å². The Bertz CT molecular complexity index is 739. The first kappa shape index (κ1) is 14.3. The number of benzene rings is 2. The fraction of sp³-hybridized carbons (Fsp3) is 0.150. The number of rotatable bonds is 4. The summed E-state index contributed by atoms with van der Waals surface area (Å²) in [5.74, 6) is 0.0197. The quantitative estimate of drug-likeness (QED) is 0.901. The molecule has 2 aromatic rings. The Labute approximate surface area is 131 Å². The second-order valence-electron chi connectivity index (χ2n) is 5.58. The zero-order valence-corrected chi connectivity index (χ0v) is 12.7. The molecule has 0 saturated carbocycles. The van der Waals surface area contributed by atoms with Gasteiger partial charge in [-0.3, -0.25) is 4.79 Å². The molecular weight excluding hydrogens is 270 g/mol. The molecule has 0 radical (unpaired) electrons. The van der Waals surface area contributed by atoms with Gasteiger partial charge in [-0.05, 0) is 41.7 Å². The zero-order chi connectivity index (χ0) is 15.4. The van der Waals surface area contributed by atoms with Crippen LogP contribution in [0.15, 0.2) is 60.8 Å². The zero-order valence-electron chi connectivity index (χ0n) is 12.7. The van der Waals surface area contributed by atoms with Gasteiger partial charge in [0.05, 0.1) is 6.42 Å². The predicted octanol–water partition coefficient (Wildman–Crippen LogP) is 4.11. The first-order valence-electron chi connectivity index (χ1n) is 7.52. The van der Waals surface area contributed by atoms with Crippen LogP contribution in [-0.2, 0) is 11.2 Å². The molecule has 0 aromatic heterocycles. The highest BCUT2D eigenvalue weighted by molar-refractivity contribution is 5.91. The Morgan fingerprint density at radius 2 is 1.91 bits per heavy atom. The van der Waals surface area contributed by atoms with Crippen molar-refractivity contribution in [3.8, 4) is 0 Å². The number of hydrogen-bond donors (Lipinski definition) is 1. The molecule has 1 aliphatic rings. The third-order valence-corrected chi connectivity index (χ3v) is 3.88. The molecule has 3 rings (SSSR count). The van der Waals surface area contributed by atoms with Crippen LogP contribution in [0.25, 0.3) is 11.6 Å². The molecular formula is C20H19NO. The highest BCUT2D eigenvalue weighted by Gasteiger charge is 2.15. The van der Waals surface area contributed by atoms with Gasteiger partial charge < -0.3 is 5.32 Å². The fourth-order valence-corrected chi connectivity index (χ4v) is 2.65. The van der Waals surface area contributed by atoms with Crippen molar-refractivity contribution in [2.24, 2.45) is 0 Å². The van der Waals surface area contributed by atoms with Gasteiger partial charge in [0.15, 0.2) is 0 Å². The topological polar surface area (TPSA) is 29.1 Å². The number of nitrogens with one attached hydrogen (secondary N) is 1. The minimum atomic E-state index is 0.0197. The third-order valence-electron chi connectivity index (χ3n) is 3.88. The summed E-state index contributed by atoms with van der Waals surface area (Å²) < 4.78 is 0. The number of carbonyl (C=O) groups excluding carboxylic acids is 1. The van der Waals surface area contributed by atoms with Gasteiger partial charge in [-0.1, -0.05) is 60.2 Å². The third kappa shape index (κ3) is 3.34. The van der Waals surface area contributed by atoms with E-state index in [9.17, 15) is 4.79 Å². The smallest absolute Gasteiger partial charge is 0.228 e. The summed E-state index contributed by atoms with van der Waals surface area (Å²) in [6.07, 6.45) is 7.13. The van der Waals surface area contributed by atoms with Crippen molar-refractivity contribution < 1.29 is 4.79 Å². The van der Waals surface area contributed by atoms with Crippen molar-refractivity contribution in [3.05, 3.63) is 83.1 Å². The molecule has 2 aromatic carbocycles. The maximum Gasteiger partial charge on any atom is 0.228 e. The molecule has 0 bridgehead atoms. The Balaban J connectivity index is 1.56. The van der Waals surface area contributed by atoms with Gasteiger partial charge in [0.25, 0.3) is 0 Å². The lowest BCUT2D eigenvalue weighted by atomic mass is 10.0. The largest absolute Gasteiger partial charge is 0.332 e. The van der Waals surface area contributed by atoms with Gasteiger partial charge in [-0.25, -0.2) is 0 Å². The van der Waals surface area contributed by atoms with E-state index >= 15 is 0 Å². The van der Waals surface area contributed by atoms with E-state index in [-0.39, 0.29) is 5.91 Å². The fourth-order valence-electron chi connectivity index (χ4n) is 2.65. The standard InChI is InChI=1S/C20H19NO/c1-15-6-8-16(9-7-15)12-13-21-20(22)14-18-11-10-17-4-2-3-5-19(17)18/h2-9,11-13H,10,14H2,1H3,(H,21,22)/b13-12+. The van der Waals surface area contributed by atoms with Gasteiger partial charge in [0, 0.05) is 6.20 Å². The maximum absolute atomic E-state index is 12.0. The minimum Gasteiger partial charge on any atom is -0.332 e. The number of allylic oxidation sites excluding steroid dienone is 1. The summed E-state index contributed by atoms with van der Waals surface area (Å²) in [6, 6.07) is 16.5. The van der Waals surface area contributed by atoms with Crippen molar-refractivity contribution >= 4 is 17.6 Å². The molecule has 0 atom stereocenters. The van der Waals surface area contributed by atoms with Gasteiger partial charge in [0.1, 0.15) is 0 Å². The lowest BCUT2D eigenvalue weighted by Gasteiger charge is -2.05. The van der Waals surface area contributed by atoms with Crippen LogP contribution in [0, 0.1) is 6.92 Å². The Morgan fingerprint density at radius 3 is 2.73 bits per heavy atom. The van der Waals surface area contributed by atoms with Crippen LogP contribution in [0.4, 0.5) is 0 Å². The number of fused-ring (bicyclic) bond motifs is 1. The molecule has 0 spiro atoms. The average molecular weight is 289 g/mol. The van der Waals surface area contributed by atoms with Crippen LogP contribution in [0.3, 0.4) is 0 Å². The normalized spacial score (nSPS) is 13.0. The molecule has 0 unspecified atom stereocenters. The van der Waals surface area contributed by atoms with Crippen molar-refractivity contribution in [1.29, 1.82) is 0 Å². The summed E-state index contributed by atoms with van der Waals surface area (Å²) in [4.78, 5) is 12.0. The van der Waals surface area contributed by atoms with Crippen molar-refractivity contribution in [1.82, 2.24) is 5.32 Å². The predicted molar refractivity (Wildman–Crippen MR) is 91.1 cm³/mol. The lowest BCUT2D eigenvalue weighted by Crippen LogP contribution is -2.16. The van der Waals surface area contributed by atoms with E-state index in [0.717, 1.165) is 17.6 Å². The SMILES string of the molecule is Cc1ccc(/C=C/NC(=O)CC2=CCc3ccccc32)cc1. The van der Waals surface area contributed by atoms with Gasteiger partial charge in [0.2, 0.25) is 5.91 Å². The lowest BCUT2D eigenvalue weighted by molar-refractivity contribution is -0.119. The molecule has 1 amide bonds. The monoisotopic (exact) mass is 289 g/mol. The number of carbonyl (C=O) groups is 1. The van der Waals surface area contributed by atoms with Gasteiger partial charge in [-0.2, -0.15) is 0 Å². The molecule has 0 heterocycles. The maximum atomic E-state index is 12.0. The molecule has 2 nitrogen and oxygen atoms in total. The summed E-state index contributed by atoms with van der Waals surface area (Å²) in [6.45, 7) is 2.06. The van der Waals surface area contributed by atoms with E-state index < -0.39 is 0 Å². The summed E-state index contributed by atoms with van der Waals surface area (Å²) in [5.41, 5.74) is 5.95. The highest BCUT2D eigenvalue weighted by Crippen LogP contribution is 2.29. The number of aryl methyl sites for hydroxylation is 1. The molecule has 1 aliphatic carbocycles. The van der Waals surface area contributed by atoms with Crippen LogP contribution < -0.4 is 5.32 Å². The molecule has 0 saturated heterocycles. The van der Waals surface area contributed by atoms with E-state index in [2.05, 4.69) is 42.6 Å². The second kappa shape index (κ2) is 6.44. The van der Waals surface area contributed by atoms with Crippen molar-refractivity contribution in [2.45, 2.75) is 19.8 Å². The molecule has 22 heavy (non-hydrogen) atoms. The minimum absolute atomic E-state index is 0.0197. The van der Waals surface area contributed by atoms with Crippen LogP contribution in [-0.4, -0.2) is 5.91 Å². The van der Waals surface area contributed by atoms with Crippen LogP contribution in [0.1, 0.15) is 28.7 Å². The van der Waals surface area contributed by atoms with Gasteiger partial charge in [-0.15, -0.1) is 0 Å². The molecule has 2 heteroatoms. The summed E-state index contributed by atoms with van der Waals surface area (Å²) >= 11 is 0. The van der Waals surface area contributed by atoms with Crippen molar-refractivity contribution in [3.63, 3.8) is 0 Å². The van der Waals surface area contributed by atoms with E-state index in [1.807, 2.05) is 30.3 Å². The van der Waals surface area contributed by atoms with E-state index in [0.29, 0.717) is 6.42 Å².